The standard InChI is InChI=1S/C11H11F3O2/c1-2-8-3-9(6-15)5-10(4-8)16-7-11(12,13)14/h2-5,15H,1,6-7H2. The molecular formula is C11H11F3O2. The normalized spacial score (nSPS) is 11.2. The van der Waals surface area contributed by atoms with Gasteiger partial charge in [0, 0.05) is 0 Å². The molecule has 0 fully saturated rings. The van der Waals surface area contributed by atoms with Crippen LogP contribution in [-0.4, -0.2) is 17.9 Å². The molecule has 0 saturated carbocycles. The van der Waals surface area contributed by atoms with E-state index in [0.717, 1.165) is 0 Å². The van der Waals surface area contributed by atoms with Gasteiger partial charge in [0.15, 0.2) is 6.61 Å². The van der Waals surface area contributed by atoms with Gasteiger partial charge >= 0.3 is 6.18 Å². The van der Waals surface area contributed by atoms with Crippen molar-refractivity contribution in [3.8, 4) is 5.75 Å². The number of aliphatic hydroxyl groups is 1. The molecule has 0 aliphatic rings. The van der Waals surface area contributed by atoms with Crippen molar-refractivity contribution in [2.75, 3.05) is 6.61 Å². The predicted molar refractivity (Wildman–Crippen MR) is 54.0 cm³/mol. The molecule has 1 rings (SSSR count). The highest BCUT2D eigenvalue weighted by Gasteiger charge is 2.28. The van der Waals surface area contributed by atoms with Crippen molar-refractivity contribution >= 4 is 6.08 Å². The van der Waals surface area contributed by atoms with E-state index in [2.05, 4.69) is 11.3 Å². The highest BCUT2D eigenvalue weighted by Crippen LogP contribution is 2.21. The first-order valence-corrected chi connectivity index (χ1v) is 4.51. The number of hydrogen-bond acceptors (Lipinski definition) is 2. The molecule has 1 aromatic rings. The third-order valence-electron chi connectivity index (χ3n) is 1.81. The molecule has 1 N–H and O–H groups in total. The van der Waals surface area contributed by atoms with Crippen molar-refractivity contribution in [2.24, 2.45) is 0 Å². The average Bonchev–Trinajstić information content (AvgIpc) is 2.25. The summed E-state index contributed by atoms with van der Waals surface area (Å²) in [6.45, 7) is 1.89. The van der Waals surface area contributed by atoms with Gasteiger partial charge in [0.25, 0.3) is 0 Å². The van der Waals surface area contributed by atoms with Crippen LogP contribution >= 0.6 is 0 Å². The maximum Gasteiger partial charge on any atom is 0.422 e. The Labute approximate surface area is 91.0 Å². The summed E-state index contributed by atoms with van der Waals surface area (Å²) in [6.07, 6.45) is -2.90. The first-order valence-electron chi connectivity index (χ1n) is 4.51. The molecule has 1 aromatic carbocycles. The quantitative estimate of drug-likeness (QED) is 0.864. The van der Waals surface area contributed by atoms with Gasteiger partial charge in [-0.15, -0.1) is 0 Å². The van der Waals surface area contributed by atoms with E-state index >= 15 is 0 Å². The fourth-order valence-electron chi connectivity index (χ4n) is 1.14. The molecule has 88 valence electrons. The first kappa shape index (κ1) is 12.6. The summed E-state index contributed by atoms with van der Waals surface area (Å²) >= 11 is 0. The molecule has 0 amide bonds. The molecular weight excluding hydrogens is 221 g/mol. The molecule has 0 bridgehead atoms. The lowest BCUT2D eigenvalue weighted by Crippen LogP contribution is -2.19. The van der Waals surface area contributed by atoms with E-state index in [1.165, 1.54) is 18.2 Å². The van der Waals surface area contributed by atoms with Gasteiger partial charge in [0.1, 0.15) is 5.75 Å². The summed E-state index contributed by atoms with van der Waals surface area (Å²) in [5.74, 6) is 0.0683. The highest BCUT2D eigenvalue weighted by molar-refractivity contribution is 5.51. The van der Waals surface area contributed by atoms with Crippen LogP contribution in [0.2, 0.25) is 0 Å². The van der Waals surface area contributed by atoms with Gasteiger partial charge in [-0.25, -0.2) is 0 Å². The first-order chi connectivity index (χ1) is 7.44. The third-order valence-corrected chi connectivity index (χ3v) is 1.81. The molecule has 16 heavy (non-hydrogen) atoms. The Morgan fingerprint density at radius 2 is 2.00 bits per heavy atom. The van der Waals surface area contributed by atoms with Crippen LogP contribution in [0.1, 0.15) is 11.1 Å². The number of benzene rings is 1. The van der Waals surface area contributed by atoms with Gasteiger partial charge in [0.05, 0.1) is 6.61 Å². The van der Waals surface area contributed by atoms with Crippen molar-refractivity contribution in [2.45, 2.75) is 12.8 Å². The van der Waals surface area contributed by atoms with Crippen LogP contribution in [0.4, 0.5) is 13.2 Å². The minimum atomic E-state index is -4.37. The summed E-state index contributed by atoms with van der Waals surface area (Å²) in [7, 11) is 0. The van der Waals surface area contributed by atoms with E-state index in [0.29, 0.717) is 11.1 Å². The molecule has 0 heterocycles. The summed E-state index contributed by atoms with van der Waals surface area (Å²) < 4.78 is 40.3. The average molecular weight is 232 g/mol. The van der Waals surface area contributed by atoms with E-state index in [1.54, 1.807) is 6.07 Å². The number of ether oxygens (including phenoxy) is 1. The second-order valence-corrected chi connectivity index (χ2v) is 3.18. The lowest BCUT2D eigenvalue weighted by molar-refractivity contribution is -0.153. The Morgan fingerprint density at radius 3 is 2.50 bits per heavy atom. The Hall–Kier alpha value is -1.49. The van der Waals surface area contributed by atoms with E-state index < -0.39 is 12.8 Å². The number of alkyl halides is 3. The summed E-state index contributed by atoms with van der Waals surface area (Å²) in [4.78, 5) is 0. The van der Waals surface area contributed by atoms with E-state index in [1.807, 2.05) is 0 Å². The van der Waals surface area contributed by atoms with Crippen LogP contribution in [0, 0.1) is 0 Å². The smallest absolute Gasteiger partial charge is 0.422 e. The summed E-state index contributed by atoms with van der Waals surface area (Å²) in [5.41, 5.74) is 1.08. The van der Waals surface area contributed by atoms with Crippen LogP contribution < -0.4 is 4.74 Å². The van der Waals surface area contributed by atoms with E-state index in [9.17, 15) is 13.2 Å². The fourth-order valence-corrected chi connectivity index (χ4v) is 1.14. The Bertz CT molecular complexity index is 372. The van der Waals surface area contributed by atoms with Crippen molar-refractivity contribution in [3.63, 3.8) is 0 Å². The minimum Gasteiger partial charge on any atom is -0.484 e. The van der Waals surface area contributed by atoms with Gasteiger partial charge in [-0.3, -0.25) is 0 Å². The fraction of sp³-hybridized carbons (Fsp3) is 0.273. The van der Waals surface area contributed by atoms with Gasteiger partial charge in [0.2, 0.25) is 0 Å². The van der Waals surface area contributed by atoms with Gasteiger partial charge in [-0.05, 0) is 29.3 Å². The van der Waals surface area contributed by atoms with Crippen molar-refractivity contribution in [3.05, 3.63) is 35.9 Å². The van der Waals surface area contributed by atoms with Crippen LogP contribution in [0.15, 0.2) is 24.8 Å². The lowest BCUT2D eigenvalue weighted by atomic mass is 10.1. The number of hydrogen-bond donors (Lipinski definition) is 1. The summed E-state index contributed by atoms with van der Waals surface area (Å²) in [6, 6.07) is 4.41. The minimum absolute atomic E-state index is 0.0683. The van der Waals surface area contributed by atoms with Crippen molar-refractivity contribution in [1.82, 2.24) is 0 Å². The molecule has 0 spiro atoms. The number of halogens is 3. The molecule has 0 aliphatic heterocycles. The zero-order valence-electron chi connectivity index (χ0n) is 8.42. The maximum atomic E-state index is 11.9. The molecule has 0 aromatic heterocycles. The Morgan fingerprint density at radius 1 is 1.31 bits per heavy atom. The monoisotopic (exact) mass is 232 g/mol. The van der Waals surface area contributed by atoms with Crippen LogP contribution in [0.5, 0.6) is 5.75 Å². The highest BCUT2D eigenvalue weighted by atomic mass is 19.4. The van der Waals surface area contributed by atoms with Crippen LogP contribution in [0.3, 0.4) is 0 Å². The Balaban J connectivity index is 2.83. The maximum absolute atomic E-state index is 11.9. The van der Waals surface area contributed by atoms with Gasteiger partial charge in [-0.2, -0.15) is 13.2 Å². The molecule has 0 atom stereocenters. The number of aliphatic hydroxyl groups excluding tert-OH is 1. The SMILES string of the molecule is C=Cc1cc(CO)cc(OCC(F)(F)F)c1. The molecule has 2 nitrogen and oxygen atoms in total. The second-order valence-electron chi connectivity index (χ2n) is 3.18. The molecule has 0 unspecified atom stereocenters. The van der Waals surface area contributed by atoms with Crippen LogP contribution in [0.25, 0.3) is 6.08 Å². The zero-order chi connectivity index (χ0) is 12.2. The van der Waals surface area contributed by atoms with Crippen LogP contribution in [-0.2, 0) is 6.61 Å². The molecule has 5 heteroatoms. The van der Waals surface area contributed by atoms with Crippen molar-refractivity contribution < 1.29 is 23.0 Å². The zero-order valence-corrected chi connectivity index (χ0v) is 8.42. The number of rotatable bonds is 4. The molecule has 0 radical (unpaired) electrons. The van der Waals surface area contributed by atoms with E-state index in [4.69, 9.17) is 5.11 Å². The molecule has 0 saturated heterocycles. The largest absolute Gasteiger partial charge is 0.484 e. The van der Waals surface area contributed by atoms with Gasteiger partial charge in [-0.1, -0.05) is 12.7 Å². The van der Waals surface area contributed by atoms with Gasteiger partial charge < -0.3 is 9.84 Å². The predicted octanol–water partition coefficient (Wildman–Crippen LogP) is 2.76. The molecule has 0 aliphatic carbocycles. The Kier molecular flexibility index (Phi) is 3.95. The van der Waals surface area contributed by atoms with Crippen molar-refractivity contribution in [1.29, 1.82) is 0 Å². The van der Waals surface area contributed by atoms with E-state index in [-0.39, 0.29) is 12.4 Å². The topological polar surface area (TPSA) is 29.5 Å². The summed E-state index contributed by atoms with van der Waals surface area (Å²) in [5, 5.41) is 8.90. The third kappa shape index (κ3) is 3.94. The lowest BCUT2D eigenvalue weighted by Gasteiger charge is -2.10. The second kappa shape index (κ2) is 5.03.